The van der Waals surface area contributed by atoms with Crippen LogP contribution in [0.1, 0.15) is 35.1 Å². The summed E-state index contributed by atoms with van der Waals surface area (Å²) >= 11 is 0. The zero-order valence-corrected chi connectivity index (χ0v) is 15.6. The Kier molecular flexibility index (Phi) is 5.98. The van der Waals surface area contributed by atoms with Crippen LogP contribution in [0.25, 0.3) is 11.4 Å². The van der Waals surface area contributed by atoms with Crippen molar-refractivity contribution in [1.82, 2.24) is 19.9 Å². The Morgan fingerprint density at radius 1 is 1.22 bits per heavy atom. The molecule has 1 amide bonds. The fourth-order valence-corrected chi connectivity index (χ4v) is 3.04. The van der Waals surface area contributed by atoms with Gasteiger partial charge in [-0.1, -0.05) is 43.3 Å². The smallest absolute Gasteiger partial charge is 0.274 e. The molecular weight excluding hydrogens is 340 g/mol. The first-order valence-corrected chi connectivity index (χ1v) is 9.06. The molecule has 1 aromatic carbocycles. The number of aliphatic hydroxyl groups excluding tert-OH is 1. The number of benzene rings is 1. The van der Waals surface area contributed by atoms with E-state index in [2.05, 4.69) is 15.0 Å². The van der Waals surface area contributed by atoms with Gasteiger partial charge in [0.05, 0.1) is 12.6 Å². The molecule has 3 aromatic rings. The Balaban J connectivity index is 1.93. The van der Waals surface area contributed by atoms with Crippen LogP contribution in [0.4, 0.5) is 0 Å². The lowest BCUT2D eigenvalue weighted by Gasteiger charge is -2.29. The molecule has 140 valence electrons. The molecule has 6 nitrogen and oxygen atoms in total. The topological polar surface area (TPSA) is 82.1 Å². The van der Waals surface area contributed by atoms with E-state index < -0.39 is 0 Å². The number of hydrogen-bond donors (Lipinski definition) is 2. The monoisotopic (exact) mass is 364 g/mol. The first-order valence-electron chi connectivity index (χ1n) is 9.06. The van der Waals surface area contributed by atoms with Crippen LogP contribution in [-0.4, -0.2) is 43.5 Å². The third-order valence-corrected chi connectivity index (χ3v) is 4.59. The summed E-state index contributed by atoms with van der Waals surface area (Å²) in [6, 6.07) is 13.2. The van der Waals surface area contributed by atoms with Crippen LogP contribution in [0.15, 0.2) is 54.9 Å². The second-order valence-corrected chi connectivity index (χ2v) is 6.46. The van der Waals surface area contributed by atoms with Crippen LogP contribution in [0.3, 0.4) is 0 Å². The standard InChI is InChI=1S/C21H24N4O2/c1-3-18(14-26)25(13-16-8-7-11-22-12-16)21(27)19-15(2)23-20(24-19)17-9-5-4-6-10-17/h4-12,18,26H,3,13-14H2,1-2H3,(H,23,24). The van der Waals surface area contributed by atoms with E-state index in [1.54, 1.807) is 17.3 Å². The third-order valence-electron chi connectivity index (χ3n) is 4.59. The summed E-state index contributed by atoms with van der Waals surface area (Å²) in [5, 5.41) is 9.79. The largest absolute Gasteiger partial charge is 0.394 e. The number of rotatable bonds is 7. The summed E-state index contributed by atoms with van der Waals surface area (Å²) < 4.78 is 0. The van der Waals surface area contributed by atoms with Crippen LogP contribution in [0, 0.1) is 6.92 Å². The fourth-order valence-electron chi connectivity index (χ4n) is 3.04. The fraction of sp³-hybridized carbons (Fsp3) is 0.286. The Bertz CT molecular complexity index is 874. The van der Waals surface area contributed by atoms with E-state index in [-0.39, 0.29) is 18.6 Å². The van der Waals surface area contributed by atoms with Gasteiger partial charge in [0.1, 0.15) is 11.5 Å². The van der Waals surface area contributed by atoms with Gasteiger partial charge in [0, 0.05) is 30.2 Å². The average molecular weight is 364 g/mol. The summed E-state index contributed by atoms with van der Waals surface area (Å²) in [5.41, 5.74) is 2.93. The van der Waals surface area contributed by atoms with E-state index in [9.17, 15) is 9.90 Å². The molecule has 1 unspecified atom stereocenters. The molecule has 0 fully saturated rings. The number of H-pyrrole nitrogens is 1. The zero-order valence-electron chi connectivity index (χ0n) is 15.6. The number of amides is 1. The molecule has 0 bridgehead atoms. The summed E-state index contributed by atoms with van der Waals surface area (Å²) in [5.74, 6) is 0.463. The lowest BCUT2D eigenvalue weighted by Crippen LogP contribution is -2.42. The molecule has 1 atom stereocenters. The number of nitrogens with zero attached hydrogens (tertiary/aromatic N) is 3. The molecule has 6 heteroatoms. The van der Waals surface area contributed by atoms with Crippen molar-refractivity contribution < 1.29 is 9.90 Å². The number of imidazole rings is 1. The molecule has 0 aliphatic rings. The maximum Gasteiger partial charge on any atom is 0.274 e. The molecular formula is C21H24N4O2. The maximum absolute atomic E-state index is 13.3. The van der Waals surface area contributed by atoms with Crippen molar-refractivity contribution in [2.45, 2.75) is 32.9 Å². The third kappa shape index (κ3) is 4.23. The highest BCUT2D eigenvalue weighted by atomic mass is 16.3. The van der Waals surface area contributed by atoms with E-state index in [0.29, 0.717) is 30.2 Å². The maximum atomic E-state index is 13.3. The van der Waals surface area contributed by atoms with Gasteiger partial charge < -0.3 is 15.0 Å². The van der Waals surface area contributed by atoms with Gasteiger partial charge in [-0.25, -0.2) is 4.98 Å². The first-order chi connectivity index (χ1) is 13.1. The van der Waals surface area contributed by atoms with Crippen LogP contribution >= 0.6 is 0 Å². The quantitative estimate of drug-likeness (QED) is 0.674. The number of aromatic nitrogens is 3. The summed E-state index contributed by atoms with van der Waals surface area (Å²) in [7, 11) is 0. The first kappa shape index (κ1) is 18.8. The average Bonchev–Trinajstić information content (AvgIpc) is 3.11. The second-order valence-electron chi connectivity index (χ2n) is 6.46. The van der Waals surface area contributed by atoms with E-state index in [4.69, 9.17) is 0 Å². The van der Waals surface area contributed by atoms with E-state index in [1.807, 2.05) is 56.3 Å². The van der Waals surface area contributed by atoms with Crippen molar-refractivity contribution >= 4 is 5.91 Å². The molecule has 2 aromatic heterocycles. The van der Waals surface area contributed by atoms with Crippen molar-refractivity contribution in [3.8, 4) is 11.4 Å². The molecule has 0 saturated heterocycles. The summed E-state index contributed by atoms with van der Waals surface area (Å²) in [6.07, 6.45) is 4.08. The molecule has 2 N–H and O–H groups in total. The molecule has 0 saturated carbocycles. The van der Waals surface area contributed by atoms with Crippen LogP contribution in [0.2, 0.25) is 0 Å². The molecule has 3 rings (SSSR count). The number of carbonyl (C=O) groups excluding carboxylic acids is 1. The van der Waals surface area contributed by atoms with Crippen molar-refractivity contribution in [3.63, 3.8) is 0 Å². The molecule has 0 spiro atoms. The van der Waals surface area contributed by atoms with Gasteiger partial charge in [-0.05, 0) is 25.0 Å². The highest BCUT2D eigenvalue weighted by Gasteiger charge is 2.27. The SMILES string of the molecule is CCC(CO)N(Cc1cccnc1)C(=O)c1nc(-c2ccccc2)[nH]c1C. The van der Waals surface area contributed by atoms with E-state index in [0.717, 1.165) is 11.1 Å². The van der Waals surface area contributed by atoms with Crippen LogP contribution in [-0.2, 0) is 6.54 Å². The van der Waals surface area contributed by atoms with Gasteiger partial charge in [-0.15, -0.1) is 0 Å². The Labute approximate surface area is 158 Å². The normalized spacial score (nSPS) is 12.0. The van der Waals surface area contributed by atoms with Crippen molar-refractivity contribution in [1.29, 1.82) is 0 Å². The number of hydrogen-bond acceptors (Lipinski definition) is 4. The summed E-state index contributed by atoms with van der Waals surface area (Å²) in [6.45, 7) is 4.07. The van der Waals surface area contributed by atoms with Gasteiger partial charge in [-0.3, -0.25) is 9.78 Å². The van der Waals surface area contributed by atoms with Gasteiger partial charge in [0.25, 0.3) is 5.91 Å². The van der Waals surface area contributed by atoms with Crippen molar-refractivity contribution in [2.75, 3.05) is 6.61 Å². The molecule has 0 aliphatic carbocycles. The number of nitrogens with one attached hydrogen (secondary N) is 1. The number of pyridine rings is 1. The van der Waals surface area contributed by atoms with Crippen molar-refractivity contribution in [2.24, 2.45) is 0 Å². The van der Waals surface area contributed by atoms with Crippen LogP contribution < -0.4 is 0 Å². The molecule has 0 aliphatic heterocycles. The van der Waals surface area contributed by atoms with Crippen molar-refractivity contribution in [3.05, 3.63) is 71.8 Å². The number of carbonyl (C=O) groups is 1. The zero-order chi connectivity index (χ0) is 19.2. The summed E-state index contributed by atoms with van der Waals surface area (Å²) in [4.78, 5) is 26.8. The van der Waals surface area contributed by atoms with E-state index >= 15 is 0 Å². The molecule has 2 heterocycles. The Morgan fingerprint density at radius 2 is 2.00 bits per heavy atom. The second kappa shape index (κ2) is 8.60. The van der Waals surface area contributed by atoms with Gasteiger partial charge in [0.15, 0.2) is 0 Å². The highest BCUT2D eigenvalue weighted by Crippen LogP contribution is 2.21. The minimum atomic E-state index is -0.283. The van der Waals surface area contributed by atoms with Gasteiger partial charge >= 0.3 is 0 Å². The number of aryl methyl sites for hydroxylation is 1. The molecule has 27 heavy (non-hydrogen) atoms. The predicted molar refractivity (Wildman–Crippen MR) is 104 cm³/mol. The Hall–Kier alpha value is -2.99. The Morgan fingerprint density at radius 3 is 2.63 bits per heavy atom. The predicted octanol–water partition coefficient (Wildman–Crippen LogP) is 3.19. The number of aromatic amines is 1. The van der Waals surface area contributed by atoms with Gasteiger partial charge in [-0.2, -0.15) is 0 Å². The van der Waals surface area contributed by atoms with E-state index in [1.165, 1.54) is 0 Å². The molecule has 0 radical (unpaired) electrons. The lowest BCUT2D eigenvalue weighted by atomic mass is 10.1. The highest BCUT2D eigenvalue weighted by molar-refractivity contribution is 5.94. The minimum absolute atomic E-state index is 0.0997. The van der Waals surface area contributed by atoms with Crippen LogP contribution in [0.5, 0.6) is 0 Å². The number of aliphatic hydroxyl groups is 1. The minimum Gasteiger partial charge on any atom is -0.394 e. The van der Waals surface area contributed by atoms with Gasteiger partial charge in [0.2, 0.25) is 0 Å². The lowest BCUT2D eigenvalue weighted by molar-refractivity contribution is 0.0557.